The Balaban J connectivity index is 3.09. The molecule has 2 aromatic rings. The number of rotatable bonds is 0. The van der Waals surface area contributed by atoms with Crippen molar-refractivity contribution in [2.75, 3.05) is 0 Å². The van der Waals surface area contributed by atoms with E-state index < -0.39 is 0 Å². The van der Waals surface area contributed by atoms with Crippen molar-refractivity contribution in [2.24, 2.45) is 0 Å². The molecule has 0 saturated heterocycles. The number of nitrogens with zero attached hydrogens (tertiary/aromatic N) is 3. The van der Waals surface area contributed by atoms with E-state index in [1.54, 1.807) is 0 Å². The second-order valence-electron chi connectivity index (χ2n) is 1.66. The van der Waals surface area contributed by atoms with Crippen LogP contribution >= 0.6 is 11.5 Å². The molecule has 2 aromatic heterocycles. The SMILES string of the molecule is O=c1[nH]cnc2snnc12. The molecule has 0 amide bonds. The first-order valence-corrected chi connectivity index (χ1v) is 3.31. The Kier molecular flexibility index (Phi) is 1.01. The monoisotopic (exact) mass is 154 g/mol. The van der Waals surface area contributed by atoms with E-state index in [0.717, 1.165) is 11.5 Å². The average Bonchev–Trinajstić information content (AvgIpc) is 2.36. The van der Waals surface area contributed by atoms with Crippen molar-refractivity contribution in [3.05, 3.63) is 16.7 Å². The largest absolute Gasteiger partial charge is 0.311 e. The maximum absolute atomic E-state index is 10.8. The van der Waals surface area contributed by atoms with Gasteiger partial charge in [-0.25, -0.2) is 4.98 Å². The van der Waals surface area contributed by atoms with Crippen LogP contribution in [-0.2, 0) is 0 Å². The lowest BCUT2D eigenvalue weighted by Gasteiger charge is -1.79. The zero-order valence-electron chi connectivity index (χ0n) is 4.74. The van der Waals surface area contributed by atoms with Crippen molar-refractivity contribution in [2.45, 2.75) is 0 Å². The summed E-state index contributed by atoms with van der Waals surface area (Å²) in [4.78, 5) is 17.7. The molecule has 2 heterocycles. The third-order valence-corrected chi connectivity index (χ3v) is 1.70. The smallest absolute Gasteiger partial charge is 0.280 e. The number of fused-ring (bicyclic) bond motifs is 1. The average molecular weight is 154 g/mol. The van der Waals surface area contributed by atoms with Gasteiger partial charge in [-0.3, -0.25) is 4.79 Å². The molecule has 2 rings (SSSR count). The van der Waals surface area contributed by atoms with Gasteiger partial charge < -0.3 is 4.98 Å². The number of aromatic amines is 1. The maximum Gasteiger partial charge on any atom is 0.280 e. The van der Waals surface area contributed by atoms with Gasteiger partial charge >= 0.3 is 0 Å². The standard InChI is InChI=1S/C4H2N4OS/c9-3-2-4(6-1-5-3)10-8-7-2/h1H,(H,5,6,9). The molecule has 0 bridgehead atoms. The summed E-state index contributed by atoms with van der Waals surface area (Å²) < 4.78 is 3.57. The van der Waals surface area contributed by atoms with Crippen molar-refractivity contribution in [1.29, 1.82) is 0 Å². The molecule has 0 radical (unpaired) electrons. The van der Waals surface area contributed by atoms with E-state index in [-0.39, 0.29) is 5.56 Å². The van der Waals surface area contributed by atoms with Gasteiger partial charge in [0.05, 0.1) is 6.33 Å². The van der Waals surface area contributed by atoms with Crippen molar-refractivity contribution in [3.63, 3.8) is 0 Å². The topological polar surface area (TPSA) is 71.5 Å². The highest BCUT2D eigenvalue weighted by atomic mass is 32.1. The molecule has 0 aliphatic rings. The van der Waals surface area contributed by atoms with E-state index in [4.69, 9.17) is 0 Å². The van der Waals surface area contributed by atoms with Crippen LogP contribution in [0.4, 0.5) is 0 Å². The number of hydrogen-bond acceptors (Lipinski definition) is 5. The third-order valence-electron chi connectivity index (χ3n) is 1.06. The minimum atomic E-state index is -0.237. The van der Waals surface area contributed by atoms with Gasteiger partial charge in [0.2, 0.25) is 0 Å². The van der Waals surface area contributed by atoms with E-state index in [1.165, 1.54) is 6.33 Å². The van der Waals surface area contributed by atoms with Crippen LogP contribution in [0.2, 0.25) is 0 Å². The zero-order valence-corrected chi connectivity index (χ0v) is 5.55. The van der Waals surface area contributed by atoms with Gasteiger partial charge in [-0.15, -0.1) is 5.10 Å². The Morgan fingerprint density at radius 1 is 1.60 bits per heavy atom. The van der Waals surface area contributed by atoms with Gasteiger partial charge in [0.1, 0.15) is 0 Å². The lowest BCUT2D eigenvalue weighted by molar-refractivity contribution is 1.13. The molecule has 0 fully saturated rings. The van der Waals surface area contributed by atoms with Gasteiger partial charge in [-0.05, 0) is 0 Å². The second kappa shape index (κ2) is 1.84. The summed E-state index contributed by atoms with van der Waals surface area (Å²) in [6.45, 7) is 0. The highest BCUT2D eigenvalue weighted by Gasteiger charge is 2.00. The van der Waals surface area contributed by atoms with E-state index in [1.807, 2.05) is 0 Å². The van der Waals surface area contributed by atoms with E-state index in [0.29, 0.717) is 10.3 Å². The predicted molar refractivity (Wildman–Crippen MR) is 35.8 cm³/mol. The Morgan fingerprint density at radius 3 is 3.30 bits per heavy atom. The number of hydrogen-bond donors (Lipinski definition) is 1. The van der Waals surface area contributed by atoms with Gasteiger partial charge in [-0.2, -0.15) is 0 Å². The maximum atomic E-state index is 10.8. The Hall–Kier alpha value is -1.30. The number of aromatic nitrogens is 4. The minimum absolute atomic E-state index is 0.237. The van der Waals surface area contributed by atoms with Gasteiger partial charge in [0, 0.05) is 11.5 Å². The van der Waals surface area contributed by atoms with E-state index in [9.17, 15) is 4.79 Å². The predicted octanol–water partition coefficient (Wildman–Crippen LogP) is -0.225. The zero-order chi connectivity index (χ0) is 6.97. The molecule has 10 heavy (non-hydrogen) atoms. The first-order chi connectivity index (χ1) is 4.88. The van der Waals surface area contributed by atoms with Crippen molar-refractivity contribution >= 4 is 21.9 Å². The Morgan fingerprint density at radius 2 is 2.50 bits per heavy atom. The molecule has 0 unspecified atom stereocenters. The summed E-state index contributed by atoms with van der Waals surface area (Å²) in [5, 5.41) is 3.58. The fourth-order valence-electron chi connectivity index (χ4n) is 0.631. The molecule has 0 aliphatic heterocycles. The summed E-state index contributed by atoms with van der Waals surface area (Å²) in [5.74, 6) is 0. The summed E-state index contributed by atoms with van der Waals surface area (Å²) in [6, 6.07) is 0. The fraction of sp³-hybridized carbons (Fsp3) is 0. The molecule has 0 spiro atoms. The van der Waals surface area contributed by atoms with Gasteiger partial charge in [0.15, 0.2) is 10.3 Å². The van der Waals surface area contributed by atoms with Crippen molar-refractivity contribution < 1.29 is 0 Å². The summed E-state index contributed by atoms with van der Waals surface area (Å²) in [5.41, 5.74) is 0.0752. The highest BCUT2D eigenvalue weighted by molar-refractivity contribution is 7.12. The second-order valence-corrected chi connectivity index (χ2v) is 2.39. The van der Waals surface area contributed by atoms with Crippen LogP contribution in [0, 0.1) is 0 Å². The van der Waals surface area contributed by atoms with Gasteiger partial charge in [0.25, 0.3) is 5.56 Å². The lowest BCUT2D eigenvalue weighted by atomic mass is 10.6. The highest BCUT2D eigenvalue weighted by Crippen LogP contribution is 2.03. The Labute approximate surface area is 58.9 Å². The Bertz CT molecular complexity index is 405. The summed E-state index contributed by atoms with van der Waals surface area (Å²) in [7, 11) is 0. The first-order valence-electron chi connectivity index (χ1n) is 2.53. The van der Waals surface area contributed by atoms with Crippen LogP contribution in [0.15, 0.2) is 11.1 Å². The molecule has 0 aromatic carbocycles. The summed E-state index contributed by atoms with van der Waals surface area (Å²) >= 11 is 1.11. The molecule has 0 aliphatic carbocycles. The van der Waals surface area contributed by atoms with Crippen LogP contribution in [0.1, 0.15) is 0 Å². The van der Waals surface area contributed by atoms with Crippen LogP contribution in [0.5, 0.6) is 0 Å². The first kappa shape index (κ1) is 5.48. The normalized spacial score (nSPS) is 10.4. The molecule has 0 saturated carbocycles. The molecule has 50 valence electrons. The van der Waals surface area contributed by atoms with Crippen LogP contribution < -0.4 is 5.56 Å². The van der Waals surface area contributed by atoms with E-state index >= 15 is 0 Å². The number of nitrogens with one attached hydrogen (secondary N) is 1. The third kappa shape index (κ3) is 0.623. The molecule has 5 nitrogen and oxygen atoms in total. The quantitative estimate of drug-likeness (QED) is 0.569. The molecule has 0 atom stereocenters. The molecular formula is C4H2N4OS. The van der Waals surface area contributed by atoms with E-state index in [2.05, 4.69) is 19.6 Å². The van der Waals surface area contributed by atoms with Crippen molar-refractivity contribution in [3.8, 4) is 0 Å². The fourth-order valence-corrected chi connectivity index (χ4v) is 1.15. The lowest BCUT2D eigenvalue weighted by Crippen LogP contribution is -2.05. The van der Waals surface area contributed by atoms with Crippen LogP contribution in [0.25, 0.3) is 10.3 Å². The van der Waals surface area contributed by atoms with Crippen LogP contribution in [-0.4, -0.2) is 19.6 Å². The molecular weight excluding hydrogens is 152 g/mol. The van der Waals surface area contributed by atoms with Crippen molar-refractivity contribution in [1.82, 2.24) is 19.6 Å². The molecule has 6 heteroatoms. The van der Waals surface area contributed by atoms with Gasteiger partial charge in [-0.1, -0.05) is 4.49 Å². The molecule has 1 N–H and O–H groups in total. The van der Waals surface area contributed by atoms with Crippen LogP contribution in [0.3, 0.4) is 0 Å². The minimum Gasteiger partial charge on any atom is -0.311 e. The summed E-state index contributed by atoms with van der Waals surface area (Å²) in [6.07, 6.45) is 1.34. The number of H-pyrrole nitrogens is 1.